The van der Waals surface area contributed by atoms with E-state index in [1.807, 2.05) is 51.1 Å². The zero-order chi connectivity index (χ0) is 21.4. The molecule has 0 aliphatic carbocycles. The van der Waals surface area contributed by atoms with Crippen molar-refractivity contribution in [3.05, 3.63) is 64.2 Å². The lowest BCUT2D eigenvalue weighted by molar-refractivity contribution is -0.142. The first-order valence-corrected chi connectivity index (χ1v) is 10.2. The van der Waals surface area contributed by atoms with E-state index in [0.717, 1.165) is 23.1 Å². The Labute approximate surface area is 178 Å². The van der Waals surface area contributed by atoms with E-state index in [9.17, 15) is 9.59 Å². The quantitative estimate of drug-likeness (QED) is 0.663. The van der Waals surface area contributed by atoms with Crippen molar-refractivity contribution in [2.75, 3.05) is 13.2 Å². The first kappa shape index (κ1) is 22.8. The van der Waals surface area contributed by atoms with E-state index < -0.39 is 6.04 Å². The number of nitrogens with zero attached hydrogens (tertiary/aromatic N) is 1. The average Bonchev–Trinajstić information content (AvgIpc) is 2.70. The zero-order valence-corrected chi connectivity index (χ0v) is 18.3. The molecule has 156 valence electrons. The first-order chi connectivity index (χ1) is 13.8. The zero-order valence-electron chi connectivity index (χ0n) is 17.5. The Morgan fingerprint density at radius 1 is 1.14 bits per heavy atom. The van der Waals surface area contributed by atoms with Gasteiger partial charge in [-0.05, 0) is 68.1 Å². The molecule has 2 rings (SSSR count). The Morgan fingerprint density at radius 2 is 1.90 bits per heavy atom. The van der Waals surface area contributed by atoms with E-state index in [4.69, 9.17) is 16.3 Å². The Hall–Kier alpha value is -2.53. The van der Waals surface area contributed by atoms with Gasteiger partial charge in [0.1, 0.15) is 11.8 Å². The molecule has 0 aliphatic rings. The van der Waals surface area contributed by atoms with Crippen LogP contribution in [0.5, 0.6) is 5.75 Å². The number of hydrogen-bond donors (Lipinski definition) is 1. The monoisotopic (exact) mass is 416 g/mol. The molecule has 0 heterocycles. The van der Waals surface area contributed by atoms with Crippen LogP contribution in [0, 0.1) is 13.8 Å². The van der Waals surface area contributed by atoms with Crippen molar-refractivity contribution in [2.24, 2.45) is 0 Å². The standard InChI is InChI=1S/C23H29ClN2O3/c1-5-11-25-23(28)18(4)26(14-19-7-6-8-20(24)13-19)22(27)15-29-21-10-9-16(2)17(3)12-21/h6-10,12-13,18H,5,11,14-15H2,1-4H3,(H,25,28)/t18-/m1/s1. The number of nitrogens with one attached hydrogen (secondary N) is 1. The number of rotatable bonds is 9. The summed E-state index contributed by atoms with van der Waals surface area (Å²) in [6.45, 7) is 8.43. The van der Waals surface area contributed by atoms with Crippen molar-refractivity contribution in [2.45, 2.75) is 46.7 Å². The predicted octanol–water partition coefficient (Wildman–Crippen LogP) is 4.28. The largest absolute Gasteiger partial charge is 0.484 e. The number of aryl methyl sites for hydroxylation is 2. The summed E-state index contributed by atoms with van der Waals surface area (Å²) in [4.78, 5) is 27.0. The third-order valence-corrected chi connectivity index (χ3v) is 5.03. The lowest BCUT2D eigenvalue weighted by Crippen LogP contribution is -2.49. The number of ether oxygens (including phenoxy) is 1. The molecule has 29 heavy (non-hydrogen) atoms. The molecule has 5 nitrogen and oxygen atoms in total. The van der Waals surface area contributed by atoms with Crippen LogP contribution in [0.15, 0.2) is 42.5 Å². The number of amides is 2. The molecule has 0 bridgehead atoms. The molecule has 0 aliphatic heterocycles. The number of benzene rings is 2. The summed E-state index contributed by atoms with van der Waals surface area (Å²) >= 11 is 6.08. The van der Waals surface area contributed by atoms with Crippen LogP contribution in [0.2, 0.25) is 5.02 Å². The smallest absolute Gasteiger partial charge is 0.261 e. The van der Waals surface area contributed by atoms with Crippen molar-refractivity contribution >= 4 is 23.4 Å². The van der Waals surface area contributed by atoms with Gasteiger partial charge in [0.05, 0.1) is 0 Å². The third-order valence-electron chi connectivity index (χ3n) is 4.80. The third kappa shape index (κ3) is 6.79. The lowest BCUT2D eigenvalue weighted by Gasteiger charge is -2.28. The summed E-state index contributed by atoms with van der Waals surface area (Å²) in [6.07, 6.45) is 0.830. The number of halogens is 1. The molecule has 2 amide bonds. The van der Waals surface area contributed by atoms with Crippen molar-refractivity contribution < 1.29 is 14.3 Å². The molecule has 0 aromatic heterocycles. The first-order valence-electron chi connectivity index (χ1n) is 9.83. The van der Waals surface area contributed by atoms with Gasteiger partial charge in [-0.15, -0.1) is 0 Å². The second-order valence-electron chi connectivity index (χ2n) is 7.15. The Balaban J connectivity index is 2.14. The molecule has 0 radical (unpaired) electrons. The van der Waals surface area contributed by atoms with E-state index in [0.29, 0.717) is 17.3 Å². The second kappa shape index (κ2) is 10.9. The second-order valence-corrected chi connectivity index (χ2v) is 7.59. The molecule has 0 saturated heterocycles. The van der Waals surface area contributed by atoms with Gasteiger partial charge in [-0.2, -0.15) is 0 Å². The summed E-state index contributed by atoms with van der Waals surface area (Å²) in [5.74, 6) is 0.183. The van der Waals surface area contributed by atoms with E-state index in [1.54, 1.807) is 19.1 Å². The summed E-state index contributed by atoms with van der Waals surface area (Å²) in [6, 6.07) is 12.4. The molecule has 1 N–H and O–H groups in total. The highest BCUT2D eigenvalue weighted by Crippen LogP contribution is 2.18. The molecule has 0 fully saturated rings. The Bertz CT molecular complexity index is 854. The fraction of sp³-hybridized carbons (Fsp3) is 0.391. The van der Waals surface area contributed by atoms with Crippen molar-refractivity contribution in [1.82, 2.24) is 10.2 Å². The topological polar surface area (TPSA) is 58.6 Å². The SMILES string of the molecule is CCCNC(=O)[C@@H](C)N(Cc1cccc(Cl)c1)C(=O)COc1ccc(C)c(C)c1. The molecule has 0 unspecified atom stereocenters. The molecule has 1 atom stereocenters. The summed E-state index contributed by atoms with van der Waals surface area (Å²) in [5, 5.41) is 3.44. The Kier molecular flexibility index (Phi) is 8.52. The number of hydrogen-bond acceptors (Lipinski definition) is 3. The van der Waals surface area contributed by atoms with E-state index >= 15 is 0 Å². The fourth-order valence-corrected chi connectivity index (χ4v) is 3.06. The van der Waals surface area contributed by atoms with Gasteiger partial charge in [0.15, 0.2) is 6.61 Å². The molecular formula is C23H29ClN2O3. The summed E-state index contributed by atoms with van der Waals surface area (Å²) in [5.41, 5.74) is 3.11. The maximum atomic E-state index is 13.0. The molecule has 0 saturated carbocycles. The molecule has 6 heteroatoms. The van der Waals surface area contributed by atoms with Gasteiger partial charge >= 0.3 is 0 Å². The van der Waals surface area contributed by atoms with Crippen LogP contribution in [0.1, 0.15) is 37.0 Å². The van der Waals surface area contributed by atoms with Gasteiger partial charge in [-0.1, -0.05) is 36.7 Å². The van der Waals surface area contributed by atoms with Crippen LogP contribution in [0.25, 0.3) is 0 Å². The van der Waals surface area contributed by atoms with Gasteiger partial charge < -0.3 is 15.0 Å². The van der Waals surface area contributed by atoms with Crippen LogP contribution < -0.4 is 10.1 Å². The highest BCUT2D eigenvalue weighted by Gasteiger charge is 2.26. The van der Waals surface area contributed by atoms with Crippen molar-refractivity contribution in [3.8, 4) is 5.75 Å². The number of carbonyl (C=O) groups is 2. The Morgan fingerprint density at radius 3 is 2.55 bits per heavy atom. The van der Waals surface area contributed by atoms with Gasteiger partial charge in [0.2, 0.25) is 5.91 Å². The highest BCUT2D eigenvalue weighted by atomic mass is 35.5. The van der Waals surface area contributed by atoms with Crippen LogP contribution in [0.4, 0.5) is 0 Å². The molecule has 0 spiro atoms. The van der Waals surface area contributed by atoms with Crippen LogP contribution in [-0.2, 0) is 16.1 Å². The highest BCUT2D eigenvalue weighted by molar-refractivity contribution is 6.30. The van der Waals surface area contributed by atoms with E-state index in [1.165, 1.54) is 4.90 Å². The minimum atomic E-state index is -0.628. The summed E-state index contributed by atoms with van der Waals surface area (Å²) < 4.78 is 5.71. The molecule has 2 aromatic carbocycles. The normalized spacial score (nSPS) is 11.6. The lowest BCUT2D eigenvalue weighted by atomic mass is 10.1. The maximum absolute atomic E-state index is 13.0. The summed E-state index contributed by atoms with van der Waals surface area (Å²) in [7, 11) is 0. The molecular weight excluding hydrogens is 388 g/mol. The van der Waals surface area contributed by atoms with Crippen LogP contribution in [-0.4, -0.2) is 35.9 Å². The van der Waals surface area contributed by atoms with Crippen LogP contribution in [0.3, 0.4) is 0 Å². The minimum absolute atomic E-state index is 0.144. The maximum Gasteiger partial charge on any atom is 0.261 e. The van der Waals surface area contributed by atoms with Gasteiger partial charge in [0, 0.05) is 18.1 Å². The number of carbonyl (C=O) groups excluding carboxylic acids is 2. The van der Waals surface area contributed by atoms with Gasteiger partial charge in [-0.25, -0.2) is 0 Å². The predicted molar refractivity (Wildman–Crippen MR) is 116 cm³/mol. The van der Waals surface area contributed by atoms with Gasteiger partial charge in [0.25, 0.3) is 5.91 Å². The van der Waals surface area contributed by atoms with Crippen molar-refractivity contribution in [3.63, 3.8) is 0 Å². The van der Waals surface area contributed by atoms with Crippen molar-refractivity contribution in [1.29, 1.82) is 0 Å². The van der Waals surface area contributed by atoms with E-state index in [2.05, 4.69) is 5.32 Å². The van der Waals surface area contributed by atoms with E-state index in [-0.39, 0.29) is 25.0 Å². The molecule has 2 aromatic rings. The average molecular weight is 417 g/mol. The van der Waals surface area contributed by atoms with Gasteiger partial charge in [-0.3, -0.25) is 9.59 Å². The fourth-order valence-electron chi connectivity index (χ4n) is 2.84. The van der Waals surface area contributed by atoms with Crippen LogP contribution >= 0.6 is 11.6 Å². The minimum Gasteiger partial charge on any atom is -0.484 e.